The van der Waals surface area contributed by atoms with Gasteiger partial charge in [-0.15, -0.1) is 0 Å². The van der Waals surface area contributed by atoms with Crippen LogP contribution in [-0.2, 0) is 9.59 Å². The molecule has 0 saturated carbocycles. The van der Waals surface area contributed by atoms with Gasteiger partial charge in [-0.05, 0) is 12.5 Å². The van der Waals surface area contributed by atoms with Crippen molar-refractivity contribution in [3.05, 3.63) is 12.2 Å². The van der Waals surface area contributed by atoms with Gasteiger partial charge in [0.05, 0.1) is 0 Å². The standard InChI is InChI=1S/C4H8O2.2C2H4O2/c1-3(2)4(5)6;2*1-2(3)4/h4-6H,1H2,2H3;2*1H3,(H,3,4). The lowest BCUT2D eigenvalue weighted by atomic mass is 10.3. The Hall–Kier alpha value is -1.40. The maximum absolute atomic E-state index is 9.00. The molecule has 0 bridgehead atoms. The quantitative estimate of drug-likeness (QED) is 0.357. The van der Waals surface area contributed by atoms with E-state index in [-0.39, 0.29) is 0 Å². The first kappa shape index (κ1) is 18.4. The highest BCUT2D eigenvalue weighted by Crippen LogP contribution is 1.88. The van der Waals surface area contributed by atoms with Crippen LogP contribution in [0.1, 0.15) is 20.8 Å². The second-order valence-electron chi connectivity index (χ2n) is 2.26. The lowest BCUT2D eigenvalue weighted by Crippen LogP contribution is -2.03. The maximum Gasteiger partial charge on any atom is 0.300 e. The minimum Gasteiger partial charge on any atom is -0.481 e. The van der Waals surface area contributed by atoms with E-state index in [0.717, 1.165) is 13.8 Å². The van der Waals surface area contributed by atoms with Gasteiger partial charge < -0.3 is 20.4 Å². The molecule has 4 N–H and O–H groups in total. The van der Waals surface area contributed by atoms with Crippen LogP contribution >= 0.6 is 0 Å². The van der Waals surface area contributed by atoms with Crippen molar-refractivity contribution in [3.8, 4) is 0 Å². The average Bonchev–Trinajstić information content (AvgIpc) is 1.83. The van der Waals surface area contributed by atoms with Gasteiger partial charge in [0.25, 0.3) is 11.9 Å². The third-order valence-electron chi connectivity index (χ3n) is 0.441. The summed E-state index contributed by atoms with van der Waals surface area (Å²) in [6, 6.07) is 0. The van der Waals surface area contributed by atoms with Crippen LogP contribution in [0.15, 0.2) is 12.2 Å². The van der Waals surface area contributed by atoms with E-state index in [1.54, 1.807) is 6.92 Å². The number of aliphatic hydroxyl groups is 2. The van der Waals surface area contributed by atoms with Gasteiger partial charge in [0, 0.05) is 13.8 Å². The molecule has 0 spiro atoms. The van der Waals surface area contributed by atoms with E-state index in [1.165, 1.54) is 0 Å². The van der Waals surface area contributed by atoms with Gasteiger partial charge in [-0.3, -0.25) is 9.59 Å². The summed E-state index contributed by atoms with van der Waals surface area (Å²) >= 11 is 0. The monoisotopic (exact) mass is 208 g/mol. The van der Waals surface area contributed by atoms with Crippen molar-refractivity contribution in [1.29, 1.82) is 0 Å². The van der Waals surface area contributed by atoms with Crippen LogP contribution < -0.4 is 0 Å². The van der Waals surface area contributed by atoms with Gasteiger partial charge >= 0.3 is 0 Å². The van der Waals surface area contributed by atoms with Gasteiger partial charge in [0.2, 0.25) is 0 Å². The Labute approximate surface area is 82.1 Å². The molecule has 0 unspecified atom stereocenters. The molecule has 0 aromatic rings. The maximum atomic E-state index is 9.00. The number of carboxylic acids is 2. The third-order valence-corrected chi connectivity index (χ3v) is 0.441. The SMILES string of the molecule is C=C(C)C(O)O.CC(=O)O.CC(=O)O. The molecule has 0 aliphatic rings. The molecule has 0 radical (unpaired) electrons. The minimum absolute atomic E-state index is 0.370. The minimum atomic E-state index is -1.34. The summed E-state index contributed by atoms with van der Waals surface area (Å²) in [5.41, 5.74) is 0.370. The fraction of sp³-hybridized carbons (Fsp3) is 0.500. The normalized spacial score (nSPS) is 7.57. The molecule has 0 amide bonds. The van der Waals surface area contributed by atoms with E-state index < -0.39 is 18.2 Å². The summed E-state index contributed by atoms with van der Waals surface area (Å²) < 4.78 is 0. The first-order valence-electron chi connectivity index (χ1n) is 3.51. The predicted octanol–water partition coefficient (Wildman–Crippen LogP) is 0.0550. The molecular formula is C8H16O6. The Morgan fingerprint density at radius 2 is 1.07 bits per heavy atom. The van der Waals surface area contributed by atoms with E-state index in [9.17, 15) is 0 Å². The largest absolute Gasteiger partial charge is 0.481 e. The van der Waals surface area contributed by atoms with Crippen LogP contribution in [0, 0.1) is 0 Å². The topological polar surface area (TPSA) is 115 Å². The zero-order chi connectivity index (χ0) is 12.3. The van der Waals surface area contributed by atoms with Crippen molar-refractivity contribution in [1.82, 2.24) is 0 Å². The molecule has 0 heterocycles. The van der Waals surface area contributed by atoms with Gasteiger partial charge in [-0.25, -0.2) is 0 Å². The Morgan fingerprint density at radius 1 is 1.00 bits per heavy atom. The van der Waals surface area contributed by atoms with E-state index in [2.05, 4.69) is 6.58 Å². The van der Waals surface area contributed by atoms with Crippen LogP contribution in [0.5, 0.6) is 0 Å². The molecule has 14 heavy (non-hydrogen) atoms. The highest BCUT2D eigenvalue weighted by molar-refractivity contribution is 5.63. The summed E-state index contributed by atoms with van der Waals surface area (Å²) in [5, 5.41) is 31.0. The van der Waals surface area contributed by atoms with Gasteiger partial charge in [-0.1, -0.05) is 6.58 Å². The van der Waals surface area contributed by atoms with E-state index in [0.29, 0.717) is 5.57 Å². The number of carbonyl (C=O) groups is 2. The van der Waals surface area contributed by atoms with Crippen molar-refractivity contribution in [2.24, 2.45) is 0 Å². The van der Waals surface area contributed by atoms with Gasteiger partial charge in [-0.2, -0.15) is 0 Å². The highest BCUT2D eigenvalue weighted by Gasteiger charge is 1.91. The zero-order valence-corrected chi connectivity index (χ0v) is 8.39. The zero-order valence-electron chi connectivity index (χ0n) is 8.39. The summed E-state index contributed by atoms with van der Waals surface area (Å²) in [6.07, 6.45) is -1.34. The first-order chi connectivity index (χ1) is 6.11. The number of hydrogen-bond donors (Lipinski definition) is 4. The van der Waals surface area contributed by atoms with E-state index in [4.69, 9.17) is 30.0 Å². The second-order valence-corrected chi connectivity index (χ2v) is 2.26. The molecule has 0 aromatic heterocycles. The van der Waals surface area contributed by atoms with Crippen LogP contribution in [0.4, 0.5) is 0 Å². The molecule has 0 aromatic carbocycles. The van der Waals surface area contributed by atoms with Gasteiger partial charge in [0.1, 0.15) is 0 Å². The van der Waals surface area contributed by atoms with Crippen molar-refractivity contribution < 1.29 is 30.0 Å². The Kier molecular flexibility index (Phi) is 15.2. The fourth-order valence-corrected chi connectivity index (χ4v) is 0. The summed E-state index contributed by atoms with van der Waals surface area (Å²) in [5.74, 6) is -1.67. The van der Waals surface area contributed by atoms with Crippen molar-refractivity contribution >= 4 is 11.9 Å². The number of aliphatic carboxylic acids is 2. The van der Waals surface area contributed by atoms with Crippen LogP contribution in [0.3, 0.4) is 0 Å². The van der Waals surface area contributed by atoms with E-state index >= 15 is 0 Å². The van der Waals surface area contributed by atoms with Crippen molar-refractivity contribution in [3.63, 3.8) is 0 Å². The van der Waals surface area contributed by atoms with Crippen LogP contribution in [-0.4, -0.2) is 38.7 Å². The second kappa shape index (κ2) is 11.6. The Balaban J connectivity index is -0.000000135. The first-order valence-corrected chi connectivity index (χ1v) is 3.51. The smallest absolute Gasteiger partial charge is 0.300 e. The fourth-order valence-electron chi connectivity index (χ4n) is 0. The third kappa shape index (κ3) is 145. The number of aliphatic hydroxyl groups excluding tert-OH is 1. The lowest BCUT2D eigenvalue weighted by Gasteiger charge is -1.96. The summed E-state index contributed by atoms with van der Waals surface area (Å²) in [6.45, 7) is 6.97. The molecule has 0 fully saturated rings. The predicted molar refractivity (Wildman–Crippen MR) is 49.7 cm³/mol. The number of hydrogen-bond acceptors (Lipinski definition) is 4. The molecule has 0 rings (SSSR count). The Morgan fingerprint density at radius 3 is 1.07 bits per heavy atom. The molecule has 6 nitrogen and oxygen atoms in total. The van der Waals surface area contributed by atoms with E-state index in [1.807, 2.05) is 0 Å². The van der Waals surface area contributed by atoms with Crippen molar-refractivity contribution in [2.45, 2.75) is 27.1 Å². The highest BCUT2D eigenvalue weighted by atomic mass is 16.5. The molecule has 84 valence electrons. The van der Waals surface area contributed by atoms with Crippen LogP contribution in [0.2, 0.25) is 0 Å². The lowest BCUT2D eigenvalue weighted by molar-refractivity contribution is -0.135. The van der Waals surface area contributed by atoms with Gasteiger partial charge in [0.15, 0.2) is 6.29 Å². The summed E-state index contributed by atoms with van der Waals surface area (Å²) in [4.78, 5) is 18.0. The molecule has 0 aliphatic heterocycles. The molecular weight excluding hydrogens is 192 g/mol. The average molecular weight is 208 g/mol. The molecule has 0 atom stereocenters. The summed E-state index contributed by atoms with van der Waals surface area (Å²) in [7, 11) is 0. The molecule has 6 heteroatoms. The molecule has 0 saturated heterocycles. The number of rotatable bonds is 1. The Bertz CT molecular complexity index is 164. The van der Waals surface area contributed by atoms with Crippen molar-refractivity contribution in [2.75, 3.05) is 0 Å². The molecule has 0 aliphatic carbocycles. The number of carboxylic acid groups (broad SMARTS) is 2. The van der Waals surface area contributed by atoms with Crippen LogP contribution in [0.25, 0.3) is 0 Å².